The third-order valence-electron chi connectivity index (χ3n) is 7.24. The molecule has 0 amide bonds. The molecule has 3 aromatic rings. The van der Waals surface area contributed by atoms with Crippen LogP contribution in [0.1, 0.15) is 73.7 Å². The van der Waals surface area contributed by atoms with Crippen molar-refractivity contribution in [2.45, 2.75) is 57.7 Å². The normalized spacial score (nSPS) is 16.4. The molecule has 1 heterocycles. The topological polar surface area (TPSA) is 40.5 Å². The Morgan fingerprint density at radius 1 is 0.895 bits per heavy atom. The fraction of sp³-hybridized carbons (Fsp3) is 0.387. The zero-order valence-electron chi connectivity index (χ0n) is 21.6. The average molecular weight is 528 g/mol. The van der Waals surface area contributed by atoms with Gasteiger partial charge in [-0.25, -0.2) is 4.39 Å². The van der Waals surface area contributed by atoms with Crippen molar-refractivity contribution in [3.05, 3.63) is 94.8 Å². The number of halogens is 4. The summed E-state index contributed by atoms with van der Waals surface area (Å²) in [7, 11) is 0. The standard InChI is InChI=1S/C31H33F4NO2/c1-20(2)18-28(30(37)38)23-10-15-26(27(19-23)21-6-11-24(12-7-21)31(33,34)35)29(36-16-4-3-5-17-36)22-8-13-25(32)14-9-22/h6-15,19-20,28-29H,3-5,16-18H2,1-2H3,(H,37,38)/t28-,29+/m1/s1. The quantitative estimate of drug-likeness (QED) is 0.300. The predicted molar refractivity (Wildman–Crippen MR) is 140 cm³/mol. The molecule has 4 rings (SSSR count). The molecule has 1 saturated heterocycles. The number of hydrogen-bond donors (Lipinski definition) is 1. The van der Waals surface area contributed by atoms with Crippen LogP contribution in [0.4, 0.5) is 17.6 Å². The van der Waals surface area contributed by atoms with Crippen LogP contribution in [0.2, 0.25) is 0 Å². The molecule has 1 aliphatic heterocycles. The van der Waals surface area contributed by atoms with Gasteiger partial charge in [-0.15, -0.1) is 0 Å². The maximum absolute atomic E-state index is 13.8. The van der Waals surface area contributed by atoms with Crippen molar-refractivity contribution >= 4 is 5.97 Å². The van der Waals surface area contributed by atoms with Crippen LogP contribution in [0.3, 0.4) is 0 Å². The Morgan fingerprint density at radius 2 is 1.50 bits per heavy atom. The van der Waals surface area contributed by atoms with Crippen molar-refractivity contribution in [3.63, 3.8) is 0 Å². The second-order valence-corrected chi connectivity index (χ2v) is 10.5. The van der Waals surface area contributed by atoms with Gasteiger partial charge in [0.25, 0.3) is 0 Å². The number of carboxylic acids is 1. The van der Waals surface area contributed by atoms with Gasteiger partial charge in [0, 0.05) is 0 Å². The maximum Gasteiger partial charge on any atom is 0.416 e. The Hall–Kier alpha value is -3.19. The number of piperidine rings is 1. The van der Waals surface area contributed by atoms with Crippen LogP contribution in [0.5, 0.6) is 0 Å². The Balaban J connectivity index is 1.90. The third kappa shape index (κ3) is 6.44. The molecule has 38 heavy (non-hydrogen) atoms. The van der Waals surface area contributed by atoms with Crippen LogP contribution in [0.15, 0.2) is 66.7 Å². The van der Waals surface area contributed by atoms with Crippen molar-refractivity contribution < 1.29 is 27.5 Å². The van der Waals surface area contributed by atoms with E-state index >= 15 is 0 Å². The summed E-state index contributed by atoms with van der Waals surface area (Å²) < 4.78 is 53.7. The second kappa shape index (κ2) is 11.7. The van der Waals surface area contributed by atoms with Crippen molar-refractivity contribution in [3.8, 4) is 11.1 Å². The Kier molecular flexibility index (Phi) is 8.56. The molecule has 202 valence electrons. The zero-order valence-corrected chi connectivity index (χ0v) is 21.6. The summed E-state index contributed by atoms with van der Waals surface area (Å²) in [6, 6.07) is 16.6. The monoisotopic (exact) mass is 527 g/mol. The van der Waals surface area contributed by atoms with Crippen LogP contribution >= 0.6 is 0 Å². The van der Waals surface area contributed by atoms with Gasteiger partial charge in [0.15, 0.2) is 0 Å². The highest BCUT2D eigenvalue weighted by atomic mass is 19.4. The number of alkyl halides is 3. The second-order valence-electron chi connectivity index (χ2n) is 10.5. The summed E-state index contributed by atoms with van der Waals surface area (Å²) in [6.07, 6.45) is -0.872. The molecule has 0 aromatic heterocycles. The fourth-order valence-electron chi connectivity index (χ4n) is 5.38. The molecule has 0 unspecified atom stereocenters. The first-order valence-corrected chi connectivity index (χ1v) is 13.1. The molecule has 2 atom stereocenters. The van der Waals surface area contributed by atoms with Gasteiger partial charge in [0.05, 0.1) is 17.5 Å². The van der Waals surface area contributed by atoms with Crippen molar-refractivity contribution in [1.82, 2.24) is 4.90 Å². The van der Waals surface area contributed by atoms with Gasteiger partial charge in [0.2, 0.25) is 0 Å². The van der Waals surface area contributed by atoms with E-state index in [1.165, 1.54) is 24.3 Å². The number of hydrogen-bond acceptors (Lipinski definition) is 2. The smallest absolute Gasteiger partial charge is 0.416 e. The van der Waals surface area contributed by atoms with E-state index in [-0.39, 0.29) is 17.8 Å². The molecular formula is C31H33F4NO2. The first-order chi connectivity index (χ1) is 18.0. The highest BCUT2D eigenvalue weighted by Crippen LogP contribution is 2.40. The van der Waals surface area contributed by atoms with Gasteiger partial charge in [-0.2, -0.15) is 13.2 Å². The first-order valence-electron chi connectivity index (χ1n) is 13.1. The van der Waals surface area contributed by atoms with Gasteiger partial charge < -0.3 is 5.11 Å². The van der Waals surface area contributed by atoms with Crippen molar-refractivity contribution in [2.75, 3.05) is 13.1 Å². The lowest BCUT2D eigenvalue weighted by molar-refractivity contribution is -0.139. The molecule has 0 aliphatic carbocycles. The summed E-state index contributed by atoms with van der Waals surface area (Å²) in [4.78, 5) is 14.5. The minimum Gasteiger partial charge on any atom is -0.481 e. The number of aliphatic carboxylic acids is 1. The highest BCUT2D eigenvalue weighted by Gasteiger charge is 2.31. The zero-order chi connectivity index (χ0) is 27.4. The van der Waals surface area contributed by atoms with Crippen LogP contribution in [-0.2, 0) is 11.0 Å². The average Bonchev–Trinajstić information content (AvgIpc) is 2.89. The minimum atomic E-state index is -4.46. The van der Waals surface area contributed by atoms with E-state index in [0.717, 1.165) is 55.6 Å². The summed E-state index contributed by atoms with van der Waals surface area (Å²) >= 11 is 0. The predicted octanol–water partition coefficient (Wildman–Crippen LogP) is 8.30. The molecule has 0 bridgehead atoms. The van der Waals surface area contributed by atoms with E-state index in [9.17, 15) is 27.5 Å². The molecule has 3 nitrogen and oxygen atoms in total. The van der Waals surface area contributed by atoms with Gasteiger partial charge in [-0.3, -0.25) is 9.69 Å². The number of benzene rings is 3. The SMILES string of the molecule is CC(C)C[C@@H](C(=O)O)c1ccc([C@H](c2ccc(F)cc2)N2CCCCC2)c(-c2ccc(C(F)(F)F)cc2)c1. The highest BCUT2D eigenvalue weighted by molar-refractivity contribution is 5.78. The number of carbonyl (C=O) groups is 1. The first kappa shape index (κ1) is 27.8. The molecule has 0 radical (unpaired) electrons. The third-order valence-corrected chi connectivity index (χ3v) is 7.24. The van der Waals surface area contributed by atoms with E-state index in [0.29, 0.717) is 23.1 Å². The summed E-state index contributed by atoms with van der Waals surface area (Å²) in [5.41, 5.74) is 2.87. The lowest BCUT2D eigenvalue weighted by Crippen LogP contribution is -2.34. The van der Waals surface area contributed by atoms with E-state index in [4.69, 9.17) is 0 Å². The number of carboxylic acid groups (broad SMARTS) is 1. The minimum absolute atomic E-state index is 0.144. The maximum atomic E-state index is 13.8. The van der Waals surface area contributed by atoms with E-state index in [1.54, 1.807) is 12.1 Å². The van der Waals surface area contributed by atoms with Gasteiger partial charge in [-0.1, -0.05) is 56.7 Å². The van der Waals surface area contributed by atoms with Gasteiger partial charge in [-0.05, 0) is 96.4 Å². The van der Waals surface area contributed by atoms with E-state index in [1.807, 2.05) is 32.0 Å². The molecule has 3 aromatic carbocycles. The summed E-state index contributed by atoms with van der Waals surface area (Å²) in [6.45, 7) is 5.59. The molecule has 1 N–H and O–H groups in total. The van der Waals surface area contributed by atoms with Crippen LogP contribution < -0.4 is 0 Å². The Morgan fingerprint density at radius 3 is 2.05 bits per heavy atom. The molecule has 1 fully saturated rings. The van der Waals surface area contributed by atoms with Crippen molar-refractivity contribution in [1.29, 1.82) is 0 Å². The number of likely N-dealkylation sites (tertiary alicyclic amines) is 1. The van der Waals surface area contributed by atoms with E-state index < -0.39 is 23.6 Å². The molecule has 0 saturated carbocycles. The van der Waals surface area contributed by atoms with Crippen LogP contribution in [0.25, 0.3) is 11.1 Å². The van der Waals surface area contributed by atoms with Gasteiger partial charge in [0.1, 0.15) is 5.82 Å². The molecular weight excluding hydrogens is 494 g/mol. The van der Waals surface area contributed by atoms with Crippen molar-refractivity contribution in [2.24, 2.45) is 5.92 Å². The van der Waals surface area contributed by atoms with E-state index in [2.05, 4.69) is 4.90 Å². The molecule has 7 heteroatoms. The summed E-state index contributed by atoms with van der Waals surface area (Å²) in [5, 5.41) is 9.98. The largest absolute Gasteiger partial charge is 0.481 e. The van der Waals surface area contributed by atoms with Crippen LogP contribution in [0, 0.1) is 11.7 Å². The Labute approximate surface area is 221 Å². The van der Waals surface area contributed by atoms with Crippen LogP contribution in [-0.4, -0.2) is 29.1 Å². The van der Waals surface area contributed by atoms with Gasteiger partial charge >= 0.3 is 12.1 Å². The number of rotatable bonds is 8. The molecule has 1 aliphatic rings. The summed E-state index contributed by atoms with van der Waals surface area (Å²) in [5.74, 6) is -1.87. The fourth-order valence-corrected chi connectivity index (χ4v) is 5.38. The number of nitrogens with zero attached hydrogens (tertiary/aromatic N) is 1. The lowest BCUT2D eigenvalue weighted by atomic mass is 9.83. The molecule has 0 spiro atoms. The lowest BCUT2D eigenvalue weighted by Gasteiger charge is -2.36. The Bertz CT molecular complexity index is 1230.